The van der Waals surface area contributed by atoms with Crippen molar-refractivity contribution in [1.82, 2.24) is 14.6 Å². The van der Waals surface area contributed by atoms with Crippen molar-refractivity contribution in [2.45, 2.75) is 6.92 Å². The lowest BCUT2D eigenvalue weighted by Crippen LogP contribution is -1.78. The smallest absolute Gasteiger partial charge is 0.161 e. The van der Waals surface area contributed by atoms with Crippen LogP contribution in [0, 0.1) is 6.92 Å². The average Bonchev–Trinajstić information content (AvgIpc) is 2.78. The number of aromatic nitrogens is 3. The Hall–Kier alpha value is -1.55. The van der Waals surface area contributed by atoms with Gasteiger partial charge in [-0.1, -0.05) is 6.07 Å². The summed E-state index contributed by atoms with van der Waals surface area (Å²) < 4.78 is 1.95. The first-order chi connectivity index (χ1) is 6.86. The second-order valence-corrected chi connectivity index (χ2v) is 4.16. The molecule has 0 aromatic carbocycles. The van der Waals surface area contributed by atoms with Crippen molar-refractivity contribution in [1.29, 1.82) is 0 Å². The molecule has 0 atom stereocenters. The average molecular weight is 203 g/mol. The molecule has 0 spiro atoms. The standard InChI is InChI=1S/C10H9N3S/c1-7-9(8-3-2-6-14-8)10-11-4-5-13(10)12-7/h2-6,12H,1H3. The molecule has 0 saturated heterocycles. The van der Waals surface area contributed by atoms with Crippen LogP contribution in [0.25, 0.3) is 16.1 Å². The maximum atomic E-state index is 4.33. The van der Waals surface area contributed by atoms with E-state index >= 15 is 0 Å². The zero-order valence-corrected chi connectivity index (χ0v) is 8.51. The summed E-state index contributed by atoms with van der Waals surface area (Å²) in [4.78, 5) is 5.60. The van der Waals surface area contributed by atoms with Gasteiger partial charge in [-0.2, -0.15) is 0 Å². The quantitative estimate of drug-likeness (QED) is 0.648. The Kier molecular flexibility index (Phi) is 1.52. The monoisotopic (exact) mass is 203 g/mol. The minimum absolute atomic E-state index is 1.00. The molecule has 0 amide bonds. The number of hydrogen-bond acceptors (Lipinski definition) is 2. The summed E-state index contributed by atoms with van der Waals surface area (Å²) in [6.07, 6.45) is 3.74. The van der Waals surface area contributed by atoms with Gasteiger partial charge in [0.05, 0.1) is 5.56 Å². The van der Waals surface area contributed by atoms with E-state index in [4.69, 9.17) is 0 Å². The highest BCUT2D eigenvalue weighted by molar-refractivity contribution is 7.13. The highest BCUT2D eigenvalue weighted by atomic mass is 32.1. The van der Waals surface area contributed by atoms with Crippen molar-refractivity contribution >= 4 is 17.0 Å². The highest BCUT2D eigenvalue weighted by Crippen LogP contribution is 2.30. The molecule has 0 aliphatic carbocycles. The largest absolute Gasteiger partial charge is 0.297 e. The van der Waals surface area contributed by atoms with Crippen molar-refractivity contribution in [2.24, 2.45) is 0 Å². The number of nitrogens with zero attached hydrogens (tertiary/aromatic N) is 2. The van der Waals surface area contributed by atoms with Crippen molar-refractivity contribution in [3.63, 3.8) is 0 Å². The Morgan fingerprint density at radius 2 is 2.43 bits per heavy atom. The number of nitrogens with one attached hydrogen (secondary N) is 1. The van der Waals surface area contributed by atoms with E-state index in [1.165, 1.54) is 10.4 Å². The minimum atomic E-state index is 1.00. The molecular weight excluding hydrogens is 194 g/mol. The fourth-order valence-electron chi connectivity index (χ4n) is 1.70. The molecule has 4 heteroatoms. The first kappa shape index (κ1) is 7.82. The van der Waals surface area contributed by atoms with Crippen molar-refractivity contribution in [2.75, 3.05) is 0 Å². The molecule has 0 saturated carbocycles. The third-order valence-electron chi connectivity index (χ3n) is 2.30. The van der Waals surface area contributed by atoms with E-state index in [0.29, 0.717) is 0 Å². The van der Waals surface area contributed by atoms with Gasteiger partial charge in [0.2, 0.25) is 0 Å². The minimum Gasteiger partial charge on any atom is -0.297 e. The molecular formula is C10H9N3S. The lowest BCUT2D eigenvalue weighted by molar-refractivity contribution is 0.945. The van der Waals surface area contributed by atoms with Crippen molar-refractivity contribution in [3.05, 3.63) is 35.6 Å². The Labute approximate surface area is 85.0 Å². The maximum absolute atomic E-state index is 4.33. The Morgan fingerprint density at radius 1 is 1.50 bits per heavy atom. The summed E-state index contributed by atoms with van der Waals surface area (Å²) in [7, 11) is 0. The number of rotatable bonds is 1. The Balaban J connectivity index is 2.38. The molecule has 0 bridgehead atoms. The van der Waals surface area contributed by atoms with E-state index < -0.39 is 0 Å². The Morgan fingerprint density at radius 3 is 3.21 bits per heavy atom. The number of hydrogen-bond donors (Lipinski definition) is 1. The van der Waals surface area contributed by atoms with Crippen molar-refractivity contribution < 1.29 is 0 Å². The summed E-state index contributed by atoms with van der Waals surface area (Å²) in [6, 6.07) is 4.18. The van der Waals surface area contributed by atoms with Crippen LogP contribution < -0.4 is 0 Å². The third-order valence-corrected chi connectivity index (χ3v) is 3.18. The number of thiophene rings is 1. The van der Waals surface area contributed by atoms with Gasteiger partial charge in [-0.25, -0.2) is 9.50 Å². The van der Waals surface area contributed by atoms with E-state index in [1.54, 1.807) is 11.3 Å². The van der Waals surface area contributed by atoms with E-state index in [-0.39, 0.29) is 0 Å². The molecule has 3 aromatic rings. The summed E-state index contributed by atoms with van der Waals surface area (Å²) in [5.41, 5.74) is 3.38. The van der Waals surface area contributed by atoms with Crippen LogP contribution >= 0.6 is 11.3 Å². The topological polar surface area (TPSA) is 33.1 Å². The predicted molar refractivity (Wildman–Crippen MR) is 57.6 cm³/mol. The molecule has 14 heavy (non-hydrogen) atoms. The number of aryl methyl sites for hydroxylation is 1. The normalized spacial score (nSPS) is 11.2. The molecule has 0 fully saturated rings. The van der Waals surface area contributed by atoms with Gasteiger partial charge in [0.15, 0.2) is 5.65 Å². The number of fused-ring (bicyclic) bond motifs is 1. The first-order valence-electron chi connectivity index (χ1n) is 4.42. The Bertz CT molecular complexity index is 559. The lowest BCUT2D eigenvalue weighted by atomic mass is 10.2. The van der Waals surface area contributed by atoms with E-state index in [2.05, 4.69) is 34.5 Å². The second kappa shape index (κ2) is 2.72. The highest BCUT2D eigenvalue weighted by Gasteiger charge is 2.11. The van der Waals surface area contributed by atoms with Gasteiger partial charge in [0.25, 0.3) is 0 Å². The number of imidazole rings is 1. The maximum Gasteiger partial charge on any atom is 0.161 e. The van der Waals surface area contributed by atoms with E-state index in [0.717, 1.165) is 11.3 Å². The fourth-order valence-corrected chi connectivity index (χ4v) is 2.52. The fraction of sp³-hybridized carbons (Fsp3) is 0.100. The van der Waals surface area contributed by atoms with E-state index in [1.807, 2.05) is 16.9 Å². The van der Waals surface area contributed by atoms with Crippen LogP contribution in [0.3, 0.4) is 0 Å². The van der Waals surface area contributed by atoms with Gasteiger partial charge < -0.3 is 0 Å². The first-order valence-corrected chi connectivity index (χ1v) is 5.30. The summed E-state index contributed by atoms with van der Waals surface area (Å²) in [5.74, 6) is 0. The van der Waals surface area contributed by atoms with Crippen LogP contribution in [0.2, 0.25) is 0 Å². The molecule has 3 heterocycles. The van der Waals surface area contributed by atoms with Gasteiger partial charge in [-0.3, -0.25) is 5.10 Å². The summed E-state index contributed by atoms with van der Waals surface area (Å²) >= 11 is 1.74. The van der Waals surface area contributed by atoms with Gasteiger partial charge in [0, 0.05) is 23.0 Å². The van der Waals surface area contributed by atoms with Gasteiger partial charge >= 0.3 is 0 Å². The predicted octanol–water partition coefficient (Wildman–Crippen LogP) is 2.70. The van der Waals surface area contributed by atoms with Crippen LogP contribution in [0.15, 0.2) is 29.9 Å². The molecule has 0 unspecified atom stereocenters. The molecule has 3 nitrogen and oxygen atoms in total. The molecule has 70 valence electrons. The zero-order valence-electron chi connectivity index (χ0n) is 7.69. The van der Waals surface area contributed by atoms with Crippen LogP contribution in [-0.4, -0.2) is 14.6 Å². The molecule has 3 rings (SSSR count). The molecule has 0 radical (unpaired) electrons. The van der Waals surface area contributed by atoms with Crippen LogP contribution in [0.5, 0.6) is 0 Å². The molecule has 0 aliphatic heterocycles. The molecule has 3 aromatic heterocycles. The summed E-state index contributed by atoms with van der Waals surface area (Å²) in [6.45, 7) is 2.07. The van der Waals surface area contributed by atoms with Crippen LogP contribution in [-0.2, 0) is 0 Å². The molecule has 1 N–H and O–H groups in total. The van der Waals surface area contributed by atoms with Gasteiger partial charge in [0.1, 0.15) is 0 Å². The SMILES string of the molecule is Cc1[nH]n2ccnc2c1-c1cccs1. The van der Waals surface area contributed by atoms with E-state index in [9.17, 15) is 0 Å². The third kappa shape index (κ3) is 0.943. The van der Waals surface area contributed by atoms with Crippen molar-refractivity contribution in [3.8, 4) is 10.4 Å². The zero-order chi connectivity index (χ0) is 9.54. The number of H-pyrrole nitrogens is 1. The summed E-state index contributed by atoms with van der Waals surface area (Å²) in [5, 5.41) is 5.34. The van der Waals surface area contributed by atoms with Gasteiger partial charge in [-0.15, -0.1) is 11.3 Å². The second-order valence-electron chi connectivity index (χ2n) is 3.21. The van der Waals surface area contributed by atoms with Gasteiger partial charge in [-0.05, 0) is 18.4 Å². The van der Waals surface area contributed by atoms with Crippen LogP contribution in [0.4, 0.5) is 0 Å². The number of aromatic amines is 1. The molecule has 0 aliphatic rings. The van der Waals surface area contributed by atoms with Crippen LogP contribution in [0.1, 0.15) is 5.69 Å². The lowest BCUT2D eigenvalue weighted by Gasteiger charge is -1.92.